The third kappa shape index (κ3) is 4.65. The maximum Gasteiger partial charge on any atom is 0.213 e. The summed E-state index contributed by atoms with van der Waals surface area (Å²) in [6.45, 7) is 6.15. The average molecular weight is 280 g/mol. The lowest BCUT2D eigenvalue weighted by molar-refractivity contribution is -0.0553. The molecule has 20 heavy (non-hydrogen) atoms. The average Bonchev–Trinajstić information content (AvgIpc) is 2.40. The summed E-state index contributed by atoms with van der Waals surface area (Å²) >= 11 is 0. The van der Waals surface area contributed by atoms with E-state index >= 15 is 0 Å². The number of rotatable bonds is 6. The molecule has 0 aliphatic carbocycles. The van der Waals surface area contributed by atoms with Gasteiger partial charge in [0.25, 0.3) is 0 Å². The molecule has 1 unspecified atom stereocenters. The van der Waals surface area contributed by atoms with E-state index in [-0.39, 0.29) is 5.60 Å². The number of anilines is 1. The number of methoxy groups -OCH3 is 1. The van der Waals surface area contributed by atoms with Crippen LogP contribution in [0.5, 0.6) is 5.88 Å². The highest BCUT2D eigenvalue weighted by Crippen LogP contribution is 2.26. The summed E-state index contributed by atoms with van der Waals surface area (Å²) < 4.78 is 16.1. The minimum Gasteiger partial charge on any atom is -0.475 e. The van der Waals surface area contributed by atoms with Crippen LogP contribution < -0.4 is 10.1 Å². The Morgan fingerprint density at radius 1 is 1.40 bits per heavy atom. The molecular weight excluding hydrogens is 256 g/mol. The highest BCUT2D eigenvalue weighted by molar-refractivity contribution is 5.43. The first-order valence-corrected chi connectivity index (χ1v) is 7.07. The molecule has 0 amide bonds. The molecule has 0 saturated carbocycles. The first kappa shape index (κ1) is 15.1. The van der Waals surface area contributed by atoms with E-state index in [0.717, 1.165) is 25.1 Å². The fourth-order valence-electron chi connectivity index (χ4n) is 2.37. The van der Waals surface area contributed by atoms with Gasteiger partial charge in [0.2, 0.25) is 5.88 Å². The summed E-state index contributed by atoms with van der Waals surface area (Å²) in [5.41, 5.74) is 0.971. The van der Waals surface area contributed by atoms with Gasteiger partial charge in [-0.05, 0) is 32.8 Å². The molecule has 2 heterocycles. The third-order valence-electron chi connectivity index (χ3n) is 3.34. The minimum atomic E-state index is -0.0491. The maximum atomic E-state index is 5.72. The molecule has 2 rings (SSSR count). The van der Waals surface area contributed by atoms with Crippen molar-refractivity contribution in [1.29, 1.82) is 0 Å². The number of hydrogen-bond acceptors (Lipinski definition) is 5. The summed E-state index contributed by atoms with van der Waals surface area (Å²) in [5, 5.41) is 3.51. The molecule has 1 atom stereocenters. The Balaban J connectivity index is 1.84. The first-order valence-electron chi connectivity index (χ1n) is 7.07. The molecule has 0 radical (unpaired) electrons. The number of nitrogens with one attached hydrogen (secondary N) is 1. The van der Waals surface area contributed by atoms with Crippen LogP contribution in [0.1, 0.15) is 26.7 Å². The molecule has 1 aliphatic rings. The standard InChI is InChI=1S/C15H24N2O3/c1-15(2)10-12(6-7-20-15)17-13-4-5-14(16-11-13)19-9-8-18-3/h4-5,11-12,17H,6-10H2,1-3H3. The van der Waals surface area contributed by atoms with Gasteiger partial charge in [-0.2, -0.15) is 0 Å². The lowest BCUT2D eigenvalue weighted by Crippen LogP contribution is -2.40. The van der Waals surface area contributed by atoms with Crippen molar-refractivity contribution >= 4 is 5.69 Å². The van der Waals surface area contributed by atoms with E-state index in [0.29, 0.717) is 25.1 Å². The van der Waals surface area contributed by atoms with Crippen LogP contribution in [0, 0.1) is 0 Å². The zero-order chi connectivity index (χ0) is 14.4. The van der Waals surface area contributed by atoms with Gasteiger partial charge in [0.15, 0.2) is 0 Å². The Hall–Kier alpha value is -1.33. The van der Waals surface area contributed by atoms with E-state index in [1.165, 1.54) is 0 Å². The van der Waals surface area contributed by atoms with Crippen LogP contribution in [-0.2, 0) is 9.47 Å². The number of nitrogens with zero attached hydrogens (tertiary/aromatic N) is 1. The molecule has 1 aromatic rings. The van der Waals surface area contributed by atoms with Crippen LogP contribution in [0.4, 0.5) is 5.69 Å². The van der Waals surface area contributed by atoms with E-state index in [1.807, 2.05) is 18.3 Å². The predicted octanol–water partition coefficient (Wildman–Crippen LogP) is 2.48. The van der Waals surface area contributed by atoms with Crippen molar-refractivity contribution in [2.45, 2.75) is 38.3 Å². The summed E-state index contributed by atoms with van der Waals surface area (Å²) in [6.07, 6.45) is 3.83. The maximum absolute atomic E-state index is 5.72. The smallest absolute Gasteiger partial charge is 0.213 e. The molecule has 0 spiro atoms. The normalized spacial score (nSPS) is 21.4. The van der Waals surface area contributed by atoms with Gasteiger partial charge in [-0.15, -0.1) is 0 Å². The molecule has 0 aromatic carbocycles. The van der Waals surface area contributed by atoms with Gasteiger partial charge < -0.3 is 19.5 Å². The van der Waals surface area contributed by atoms with Gasteiger partial charge in [-0.3, -0.25) is 0 Å². The summed E-state index contributed by atoms with van der Waals surface area (Å²) in [5.74, 6) is 0.625. The van der Waals surface area contributed by atoms with E-state index < -0.39 is 0 Å². The van der Waals surface area contributed by atoms with Crippen LogP contribution >= 0.6 is 0 Å². The van der Waals surface area contributed by atoms with Crippen molar-refractivity contribution in [3.8, 4) is 5.88 Å². The molecule has 5 nitrogen and oxygen atoms in total. The summed E-state index contributed by atoms with van der Waals surface area (Å²) in [6, 6.07) is 4.31. The molecular formula is C15H24N2O3. The van der Waals surface area contributed by atoms with Crippen LogP contribution in [0.3, 0.4) is 0 Å². The van der Waals surface area contributed by atoms with Crippen LogP contribution in [0.25, 0.3) is 0 Å². The Morgan fingerprint density at radius 3 is 2.90 bits per heavy atom. The number of pyridine rings is 1. The molecule has 112 valence electrons. The molecule has 1 fully saturated rings. The van der Waals surface area contributed by atoms with Crippen LogP contribution in [0.2, 0.25) is 0 Å². The van der Waals surface area contributed by atoms with Crippen LogP contribution in [-0.4, -0.2) is 43.6 Å². The molecule has 1 aliphatic heterocycles. The van der Waals surface area contributed by atoms with E-state index in [2.05, 4.69) is 24.1 Å². The van der Waals surface area contributed by atoms with Gasteiger partial charge in [-0.25, -0.2) is 4.98 Å². The highest BCUT2D eigenvalue weighted by atomic mass is 16.5. The van der Waals surface area contributed by atoms with Gasteiger partial charge in [0.1, 0.15) is 6.61 Å². The monoisotopic (exact) mass is 280 g/mol. The Bertz CT molecular complexity index is 406. The number of aromatic nitrogens is 1. The first-order chi connectivity index (χ1) is 9.59. The number of hydrogen-bond donors (Lipinski definition) is 1. The Kier molecular flexibility index (Phi) is 5.20. The lowest BCUT2D eigenvalue weighted by Gasteiger charge is -2.36. The van der Waals surface area contributed by atoms with Crippen molar-refractivity contribution in [3.63, 3.8) is 0 Å². The second kappa shape index (κ2) is 6.90. The van der Waals surface area contributed by atoms with Gasteiger partial charge in [-0.1, -0.05) is 0 Å². The topological polar surface area (TPSA) is 52.6 Å². The minimum absolute atomic E-state index is 0.0491. The van der Waals surface area contributed by atoms with Crippen LogP contribution in [0.15, 0.2) is 18.3 Å². The molecule has 1 N–H and O–H groups in total. The van der Waals surface area contributed by atoms with Gasteiger partial charge in [0, 0.05) is 25.8 Å². The van der Waals surface area contributed by atoms with Crippen molar-refractivity contribution in [2.24, 2.45) is 0 Å². The predicted molar refractivity (Wildman–Crippen MR) is 78.3 cm³/mol. The van der Waals surface area contributed by atoms with E-state index in [4.69, 9.17) is 14.2 Å². The quantitative estimate of drug-likeness (QED) is 0.811. The largest absolute Gasteiger partial charge is 0.475 e. The van der Waals surface area contributed by atoms with Gasteiger partial charge in [0.05, 0.1) is 24.1 Å². The lowest BCUT2D eigenvalue weighted by atomic mass is 9.94. The second-order valence-corrected chi connectivity index (χ2v) is 5.67. The highest BCUT2D eigenvalue weighted by Gasteiger charge is 2.28. The number of ether oxygens (including phenoxy) is 3. The molecule has 5 heteroatoms. The zero-order valence-electron chi connectivity index (χ0n) is 12.5. The van der Waals surface area contributed by atoms with Crippen molar-refractivity contribution < 1.29 is 14.2 Å². The Labute approximate surface area is 120 Å². The molecule has 1 aromatic heterocycles. The molecule has 0 bridgehead atoms. The SMILES string of the molecule is COCCOc1ccc(NC2CCOC(C)(C)C2)cn1. The van der Waals surface area contributed by atoms with Gasteiger partial charge >= 0.3 is 0 Å². The fourth-order valence-corrected chi connectivity index (χ4v) is 2.37. The molecule has 1 saturated heterocycles. The summed E-state index contributed by atoms with van der Waals surface area (Å²) in [7, 11) is 1.65. The Morgan fingerprint density at radius 2 is 2.25 bits per heavy atom. The second-order valence-electron chi connectivity index (χ2n) is 5.67. The van der Waals surface area contributed by atoms with Crippen molar-refractivity contribution in [2.75, 3.05) is 32.2 Å². The summed E-state index contributed by atoms with van der Waals surface area (Å²) in [4.78, 5) is 4.28. The van der Waals surface area contributed by atoms with Crippen molar-refractivity contribution in [1.82, 2.24) is 4.98 Å². The van der Waals surface area contributed by atoms with E-state index in [9.17, 15) is 0 Å². The fraction of sp³-hybridized carbons (Fsp3) is 0.667. The third-order valence-corrected chi connectivity index (χ3v) is 3.34. The van der Waals surface area contributed by atoms with Crippen molar-refractivity contribution in [3.05, 3.63) is 18.3 Å². The van der Waals surface area contributed by atoms with E-state index in [1.54, 1.807) is 7.11 Å². The zero-order valence-corrected chi connectivity index (χ0v) is 12.5.